The number of hydrogen-bond acceptors (Lipinski definition) is 5. The lowest BCUT2D eigenvalue weighted by molar-refractivity contribution is -0.00419. The van der Waals surface area contributed by atoms with Gasteiger partial charge in [-0.3, -0.25) is 0 Å². The highest BCUT2D eigenvalue weighted by molar-refractivity contribution is 5.27. The number of benzene rings is 1. The highest BCUT2D eigenvalue weighted by Gasteiger charge is 2.05. The van der Waals surface area contributed by atoms with Crippen LogP contribution >= 0.6 is 0 Å². The molecule has 1 rings (SSSR count). The number of ether oxygens (including phenoxy) is 3. The molecule has 1 unspecified atom stereocenters. The van der Waals surface area contributed by atoms with E-state index in [0.29, 0.717) is 25.5 Å². The Bertz CT molecular complexity index is 315. The van der Waals surface area contributed by atoms with Crippen molar-refractivity contribution in [1.29, 1.82) is 0 Å². The zero-order valence-electron chi connectivity index (χ0n) is 10.7. The van der Waals surface area contributed by atoms with Crippen molar-refractivity contribution in [3.63, 3.8) is 0 Å². The fraction of sp³-hybridized carbons (Fsp3) is 0.538. The van der Waals surface area contributed by atoms with E-state index in [1.807, 2.05) is 24.3 Å². The van der Waals surface area contributed by atoms with E-state index in [0.717, 1.165) is 5.56 Å². The smallest absolute Gasteiger partial charge is 0.119 e. The van der Waals surface area contributed by atoms with E-state index in [2.05, 4.69) is 0 Å². The van der Waals surface area contributed by atoms with Gasteiger partial charge in [0.25, 0.3) is 0 Å². The molecule has 0 radical (unpaired) electrons. The van der Waals surface area contributed by atoms with Crippen molar-refractivity contribution in [2.45, 2.75) is 12.6 Å². The van der Waals surface area contributed by atoms with Gasteiger partial charge in [0, 0.05) is 13.7 Å². The van der Waals surface area contributed by atoms with Crippen LogP contribution in [0.2, 0.25) is 0 Å². The normalized spacial score (nSPS) is 12.4. The lowest BCUT2D eigenvalue weighted by Crippen LogP contribution is -2.24. The van der Waals surface area contributed by atoms with Crippen molar-refractivity contribution < 1.29 is 19.3 Å². The first kappa shape index (κ1) is 14.9. The quantitative estimate of drug-likeness (QED) is 0.630. The van der Waals surface area contributed by atoms with Gasteiger partial charge in [-0.1, -0.05) is 12.1 Å². The predicted octanol–water partition coefficient (Wildman–Crippen LogP) is 0.548. The van der Waals surface area contributed by atoms with E-state index in [9.17, 15) is 5.11 Å². The molecule has 0 aliphatic rings. The molecule has 102 valence electrons. The lowest BCUT2D eigenvalue weighted by Gasteiger charge is -2.12. The third kappa shape index (κ3) is 5.97. The Labute approximate surface area is 107 Å². The van der Waals surface area contributed by atoms with Crippen molar-refractivity contribution >= 4 is 0 Å². The van der Waals surface area contributed by atoms with Crippen molar-refractivity contribution in [3.8, 4) is 5.75 Å². The van der Waals surface area contributed by atoms with Gasteiger partial charge in [-0.2, -0.15) is 0 Å². The molecule has 0 bridgehead atoms. The van der Waals surface area contributed by atoms with E-state index in [-0.39, 0.29) is 13.2 Å². The molecule has 18 heavy (non-hydrogen) atoms. The molecule has 3 N–H and O–H groups in total. The fourth-order valence-corrected chi connectivity index (χ4v) is 1.32. The zero-order valence-corrected chi connectivity index (χ0v) is 10.7. The van der Waals surface area contributed by atoms with Crippen LogP contribution in [-0.2, 0) is 16.0 Å². The molecule has 5 nitrogen and oxygen atoms in total. The number of aliphatic hydroxyl groups excluding tert-OH is 1. The van der Waals surface area contributed by atoms with Gasteiger partial charge in [0.1, 0.15) is 18.5 Å². The molecule has 0 aliphatic carbocycles. The van der Waals surface area contributed by atoms with Crippen molar-refractivity contribution in [3.05, 3.63) is 29.8 Å². The second-order valence-corrected chi connectivity index (χ2v) is 3.88. The fourth-order valence-electron chi connectivity index (χ4n) is 1.32. The van der Waals surface area contributed by atoms with Crippen molar-refractivity contribution in [2.75, 3.05) is 33.5 Å². The van der Waals surface area contributed by atoms with E-state index >= 15 is 0 Å². The topological polar surface area (TPSA) is 73.9 Å². The largest absolute Gasteiger partial charge is 0.491 e. The van der Waals surface area contributed by atoms with E-state index in [1.165, 1.54) is 0 Å². The molecule has 5 heteroatoms. The molecule has 1 aromatic rings. The average molecular weight is 255 g/mol. The summed E-state index contributed by atoms with van der Waals surface area (Å²) in [7, 11) is 1.61. The molecule has 1 aromatic carbocycles. The molecular weight excluding hydrogens is 234 g/mol. The summed E-state index contributed by atoms with van der Waals surface area (Å²) in [5.41, 5.74) is 6.54. The molecule has 0 fully saturated rings. The third-order valence-electron chi connectivity index (χ3n) is 2.34. The van der Waals surface area contributed by atoms with E-state index < -0.39 is 6.10 Å². The molecule has 0 aromatic heterocycles. The molecular formula is C13H21NO4. The second-order valence-electron chi connectivity index (χ2n) is 3.88. The maximum absolute atomic E-state index is 9.60. The molecule has 0 saturated heterocycles. The van der Waals surface area contributed by atoms with Gasteiger partial charge < -0.3 is 25.1 Å². The van der Waals surface area contributed by atoms with Gasteiger partial charge >= 0.3 is 0 Å². The third-order valence-corrected chi connectivity index (χ3v) is 2.34. The minimum Gasteiger partial charge on any atom is -0.491 e. The zero-order chi connectivity index (χ0) is 13.2. The van der Waals surface area contributed by atoms with Crippen LogP contribution in [0.1, 0.15) is 5.56 Å². The highest BCUT2D eigenvalue weighted by Crippen LogP contribution is 2.11. The van der Waals surface area contributed by atoms with Gasteiger partial charge in [0.15, 0.2) is 0 Å². The van der Waals surface area contributed by atoms with Crippen LogP contribution in [-0.4, -0.2) is 44.7 Å². The van der Waals surface area contributed by atoms with E-state index in [4.69, 9.17) is 19.9 Å². The van der Waals surface area contributed by atoms with Gasteiger partial charge in [-0.15, -0.1) is 0 Å². The Morgan fingerprint density at radius 3 is 2.50 bits per heavy atom. The Kier molecular flexibility index (Phi) is 7.36. The average Bonchev–Trinajstić information content (AvgIpc) is 2.42. The summed E-state index contributed by atoms with van der Waals surface area (Å²) in [5.74, 6) is 0.711. The van der Waals surface area contributed by atoms with Crippen LogP contribution in [0.3, 0.4) is 0 Å². The minimum atomic E-state index is -0.643. The minimum absolute atomic E-state index is 0.203. The van der Waals surface area contributed by atoms with Gasteiger partial charge in [-0.05, 0) is 17.7 Å². The summed E-state index contributed by atoms with van der Waals surface area (Å²) in [5, 5.41) is 9.60. The standard InChI is InChI=1S/C13H21NO4/c1-16-6-7-17-9-12(15)10-18-13-4-2-11(8-14)3-5-13/h2-5,12,15H,6-10,14H2,1H3. The Morgan fingerprint density at radius 1 is 1.17 bits per heavy atom. The number of hydrogen-bond donors (Lipinski definition) is 2. The number of aliphatic hydroxyl groups is 1. The summed E-state index contributed by atoms with van der Waals surface area (Å²) in [6.07, 6.45) is -0.643. The molecule has 1 atom stereocenters. The highest BCUT2D eigenvalue weighted by atomic mass is 16.5. The predicted molar refractivity (Wildman–Crippen MR) is 68.5 cm³/mol. The van der Waals surface area contributed by atoms with E-state index in [1.54, 1.807) is 7.11 Å². The van der Waals surface area contributed by atoms with Gasteiger partial charge in [0.05, 0.1) is 19.8 Å². The first-order valence-corrected chi connectivity index (χ1v) is 5.92. The van der Waals surface area contributed by atoms with Gasteiger partial charge in [-0.25, -0.2) is 0 Å². The molecule has 0 heterocycles. The van der Waals surface area contributed by atoms with Crippen molar-refractivity contribution in [2.24, 2.45) is 5.73 Å². The summed E-state index contributed by atoms with van der Waals surface area (Å²) in [6.45, 7) is 1.95. The summed E-state index contributed by atoms with van der Waals surface area (Å²) in [4.78, 5) is 0. The maximum atomic E-state index is 9.60. The SMILES string of the molecule is COCCOCC(O)COc1ccc(CN)cc1. The first-order chi connectivity index (χ1) is 8.76. The van der Waals surface area contributed by atoms with Crippen LogP contribution in [0.15, 0.2) is 24.3 Å². The number of rotatable bonds is 9. The molecule has 0 aliphatic heterocycles. The maximum Gasteiger partial charge on any atom is 0.119 e. The summed E-state index contributed by atoms with van der Waals surface area (Å²) >= 11 is 0. The van der Waals surface area contributed by atoms with Crippen LogP contribution in [0.4, 0.5) is 0 Å². The summed E-state index contributed by atoms with van der Waals surface area (Å²) in [6, 6.07) is 7.47. The van der Waals surface area contributed by atoms with Crippen LogP contribution < -0.4 is 10.5 Å². The Morgan fingerprint density at radius 2 is 1.89 bits per heavy atom. The summed E-state index contributed by atoms with van der Waals surface area (Å²) < 4.78 is 15.4. The Balaban J connectivity index is 2.18. The second kappa shape index (κ2) is 8.88. The monoisotopic (exact) mass is 255 g/mol. The van der Waals surface area contributed by atoms with Crippen LogP contribution in [0.5, 0.6) is 5.75 Å². The van der Waals surface area contributed by atoms with Crippen LogP contribution in [0.25, 0.3) is 0 Å². The van der Waals surface area contributed by atoms with Crippen LogP contribution in [0, 0.1) is 0 Å². The lowest BCUT2D eigenvalue weighted by atomic mass is 10.2. The molecule has 0 saturated carbocycles. The molecule has 0 amide bonds. The molecule has 0 spiro atoms. The number of nitrogens with two attached hydrogens (primary N) is 1. The Hall–Kier alpha value is -1.14. The first-order valence-electron chi connectivity index (χ1n) is 5.92. The van der Waals surface area contributed by atoms with Crippen molar-refractivity contribution in [1.82, 2.24) is 0 Å². The number of methoxy groups -OCH3 is 1. The van der Waals surface area contributed by atoms with Gasteiger partial charge in [0.2, 0.25) is 0 Å².